The molecule has 0 aromatic heterocycles. The molecule has 0 radical (unpaired) electrons. The fraction of sp³-hybridized carbons (Fsp3) is 0.571. The summed E-state index contributed by atoms with van der Waals surface area (Å²) in [5, 5.41) is 6.30. The van der Waals surface area contributed by atoms with E-state index in [1.807, 2.05) is 36.4 Å². The Morgan fingerprint density at radius 2 is 1.32 bits per heavy atom. The zero-order chi connectivity index (χ0) is 31.0. The first-order chi connectivity index (χ1) is 21.5. The molecule has 44 heavy (non-hydrogen) atoms. The van der Waals surface area contributed by atoms with Crippen molar-refractivity contribution in [3.05, 3.63) is 60.7 Å². The molecule has 0 heterocycles. The Labute approximate surface area is 275 Å². The Balaban J connectivity index is 1.56. The van der Waals surface area contributed by atoms with Crippen LogP contribution in [0.4, 0.5) is 4.79 Å². The van der Waals surface area contributed by atoms with Gasteiger partial charge < -0.3 is 10.6 Å². The highest BCUT2D eigenvalue weighted by molar-refractivity contribution is 8.18. The molecule has 4 rings (SSSR count). The second-order valence-electron chi connectivity index (χ2n) is 12.1. The van der Waals surface area contributed by atoms with Crippen LogP contribution in [-0.4, -0.2) is 51.6 Å². The van der Waals surface area contributed by atoms with Crippen molar-refractivity contribution in [3.63, 3.8) is 0 Å². The van der Waals surface area contributed by atoms with Gasteiger partial charge in [-0.1, -0.05) is 74.9 Å². The average Bonchev–Trinajstić information content (AvgIpc) is 3.05. The molecule has 1 atom stereocenters. The van der Waals surface area contributed by atoms with E-state index >= 15 is 0 Å². The molecule has 0 aliphatic heterocycles. The number of urea groups is 1. The normalized spacial score (nSPS) is 16.3. The molecule has 0 saturated heterocycles. The molecule has 4 amide bonds. The Morgan fingerprint density at radius 3 is 1.89 bits per heavy atom. The van der Waals surface area contributed by atoms with Gasteiger partial charge in [0.2, 0.25) is 11.8 Å². The highest BCUT2D eigenvalue weighted by Crippen LogP contribution is 2.51. The van der Waals surface area contributed by atoms with Crippen molar-refractivity contribution >= 4 is 50.6 Å². The van der Waals surface area contributed by atoms with E-state index in [2.05, 4.69) is 44.1 Å². The summed E-state index contributed by atoms with van der Waals surface area (Å²) in [5.41, 5.74) is 0. The maximum atomic E-state index is 14.2. The van der Waals surface area contributed by atoms with E-state index in [-0.39, 0.29) is 36.3 Å². The molecule has 2 fully saturated rings. The lowest BCUT2D eigenvalue weighted by Gasteiger charge is -2.36. The van der Waals surface area contributed by atoms with Gasteiger partial charge in [-0.05, 0) is 75.4 Å². The Kier molecular flexibility index (Phi) is 14.9. The van der Waals surface area contributed by atoms with Gasteiger partial charge in [0, 0.05) is 41.3 Å². The van der Waals surface area contributed by atoms with Crippen molar-refractivity contribution in [2.24, 2.45) is 0 Å². The van der Waals surface area contributed by atoms with Crippen LogP contribution in [-0.2, 0) is 9.59 Å². The zero-order valence-corrected chi connectivity index (χ0v) is 28.8. The molecule has 2 N–H and O–H groups in total. The monoisotopic (exact) mass is 655 g/mol. The Morgan fingerprint density at radius 1 is 0.773 bits per heavy atom. The number of carbonyl (C=O) groups is 3. The standard InChI is InChI=1S/C35H50N3O3PS2/c39-32(36-26-13-27-42)22-24-35(43-30-18-9-3-10-19-30,44-31-20-11-4-12-21-31)25-23-33(40)38(29-16-7-2-8-17-29)34(41)37-28-14-5-1-6-15-28/h3-4,9-12,18-21,28-29H,1-2,5-8,13-17,22-27,42H2,(H,36,39)(H,37,41). The van der Waals surface area contributed by atoms with Gasteiger partial charge in [-0.2, -0.15) is 0 Å². The summed E-state index contributed by atoms with van der Waals surface area (Å²) in [6.45, 7) is 0.665. The highest BCUT2D eigenvalue weighted by Gasteiger charge is 2.37. The third-order valence-corrected chi connectivity index (χ3v) is 12.1. The number of nitrogens with one attached hydrogen (secondary N) is 2. The quantitative estimate of drug-likeness (QED) is 0.0872. The number of thioether (sulfide) groups is 2. The van der Waals surface area contributed by atoms with Crippen molar-refractivity contribution in [1.82, 2.24) is 15.5 Å². The third-order valence-electron chi connectivity index (χ3n) is 8.61. The van der Waals surface area contributed by atoms with Gasteiger partial charge in [0.05, 0.1) is 4.08 Å². The molecule has 2 aliphatic carbocycles. The molecule has 2 saturated carbocycles. The number of benzene rings is 2. The topological polar surface area (TPSA) is 78.5 Å². The second kappa shape index (κ2) is 18.8. The number of hydrogen-bond donors (Lipinski definition) is 2. The number of carbonyl (C=O) groups excluding carboxylic acids is 3. The molecule has 6 nitrogen and oxygen atoms in total. The highest BCUT2D eigenvalue weighted by atomic mass is 32.2. The summed E-state index contributed by atoms with van der Waals surface area (Å²) in [6.07, 6.45) is 14.1. The summed E-state index contributed by atoms with van der Waals surface area (Å²) in [5.74, 6) is -0.0565. The SMILES string of the molecule is O=C(CCC(CCC(=O)N(C(=O)NC1CCCCC1)C1CCCCC1)(Sc1ccccc1)Sc1ccccc1)NCCCP. The predicted octanol–water partition coefficient (Wildman–Crippen LogP) is 8.41. The fourth-order valence-electron chi connectivity index (χ4n) is 6.21. The zero-order valence-electron chi connectivity index (χ0n) is 26.0. The van der Waals surface area contributed by atoms with Crippen molar-refractivity contribution in [3.8, 4) is 0 Å². The molecular weight excluding hydrogens is 606 g/mol. The second-order valence-corrected chi connectivity index (χ2v) is 15.8. The van der Waals surface area contributed by atoms with Gasteiger partial charge in [-0.25, -0.2) is 4.79 Å². The first-order valence-electron chi connectivity index (χ1n) is 16.6. The minimum Gasteiger partial charge on any atom is -0.356 e. The summed E-state index contributed by atoms with van der Waals surface area (Å²) in [4.78, 5) is 44.6. The van der Waals surface area contributed by atoms with Crippen LogP contribution in [0.5, 0.6) is 0 Å². The molecule has 240 valence electrons. The summed E-state index contributed by atoms with van der Waals surface area (Å²) in [6, 6.07) is 20.4. The van der Waals surface area contributed by atoms with Gasteiger partial charge in [0.1, 0.15) is 0 Å². The summed E-state index contributed by atoms with van der Waals surface area (Å²) >= 11 is 3.47. The maximum absolute atomic E-state index is 14.2. The van der Waals surface area contributed by atoms with E-state index in [9.17, 15) is 14.4 Å². The molecule has 2 aliphatic rings. The molecule has 2 aromatic rings. The number of rotatable bonds is 15. The molecular formula is C35H50N3O3PS2. The van der Waals surface area contributed by atoms with E-state index in [0.29, 0.717) is 25.8 Å². The van der Waals surface area contributed by atoms with Crippen molar-refractivity contribution in [1.29, 1.82) is 0 Å². The number of nitrogens with zero attached hydrogens (tertiary/aromatic N) is 1. The van der Waals surface area contributed by atoms with Gasteiger partial charge in [-0.15, -0.1) is 32.8 Å². The largest absolute Gasteiger partial charge is 0.356 e. The summed E-state index contributed by atoms with van der Waals surface area (Å²) in [7, 11) is 2.70. The number of amides is 4. The van der Waals surface area contributed by atoms with Crippen LogP contribution < -0.4 is 10.6 Å². The van der Waals surface area contributed by atoms with Crippen LogP contribution in [0, 0.1) is 0 Å². The molecule has 0 spiro atoms. The first kappa shape index (κ1) is 34.8. The molecule has 1 unspecified atom stereocenters. The lowest BCUT2D eigenvalue weighted by molar-refractivity contribution is -0.130. The Bertz CT molecular complexity index is 1120. The fourth-order valence-corrected chi connectivity index (χ4v) is 9.42. The average molecular weight is 656 g/mol. The smallest absolute Gasteiger partial charge is 0.324 e. The predicted molar refractivity (Wildman–Crippen MR) is 187 cm³/mol. The van der Waals surface area contributed by atoms with E-state index in [0.717, 1.165) is 80.2 Å². The van der Waals surface area contributed by atoms with Crippen molar-refractivity contribution in [2.75, 3.05) is 12.7 Å². The first-order valence-corrected chi connectivity index (χ1v) is 19.0. The van der Waals surface area contributed by atoms with Crippen LogP contribution in [0.1, 0.15) is 96.3 Å². The van der Waals surface area contributed by atoms with E-state index in [1.54, 1.807) is 28.4 Å². The van der Waals surface area contributed by atoms with Crippen LogP contribution in [0.25, 0.3) is 0 Å². The molecule has 0 bridgehead atoms. The van der Waals surface area contributed by atoms with Crippen LogP contribution in [0.3, 0.4) is 0 Å². The van der Waals surface area contributed by atoms with Crippen molar-refractivity contribution in [2.45, 2.75) is 122 Å². The van der Waals surface area contributed by atoms with Crippen LogP contribution in [0.2, 0.25) is 0 Å². The molecule has 2 aromatic carbocycles. The van der Waals surface area contributed by atoms with Crippen LogP contribution in [0.15, 0.2) is 70.5 Å². The molecule has 9 heteroatoms. The maximum Gasteiger partial charge on any atom is 0.324 e. The van der Waals surface area contributed by atoms with Gasteiger partial charge in [0.25, 0.3) is 0 Å². The van der Waals surface area contributed by atoms with Crippen molar-refractivity contribution < 1.29 is 14.4 Å². The Hall–Kier alpha value is -2.02. The number of hydrogen-bond acceptors (Lipinski definition) is 5. The van der Waals surface area contributed by atoms with Gasteiger partial charge >= 0.3 is 6.03 Å². The van der Waals surface area contributed by atoms with Crippen LogP contribution >= 0.6 is 32.8 Å². The van der Waals surface area contributed by atoms with E-state index in [4.69, 9.17) is 0 Å². The minimum absolute atomic E-state index is 0.0390. The lowest BCUT2D eigenvalue weighted by atomic mass is 9.93. The van der Waals surface area contributed by atoms with Gasteiger partial charge in [0.15, 0.2) is 0 Å². The number of imide groups is 1. The van der Waals surface area contributed by atoms with E-state index < -0.39 is 4.08 Å². The third kappa shape index (κ3) is 11.4. The lowest BCUT2D eigenvalue weighted by Crippen LogP contribution is -2.53. The minimum atomic E-state index is -0.478. The van der Waals surface area contributed by atoms with E-state index in [1.165, 1.54) is 6.42 Å². The van der Waals surface area contributed by atoms with Gasteiger partial charge in [-0.3, -0.25) is 14.5 Å². The summed E-state index contributed by atoms with van der Waals surface area (Å²) < 4.78 is -0.478.